The number of likely N-dealkylation sites (N-methyl/N-ethyl adjacent to an activating group) is 1. The Morgan fingerprint density at radius 1 is 1.12 bits per heavy atom. The van der Waals surface area contributed by atoms with Crippen molar-refractivity contribution in [2.75, 3.05) is 26.2 Å². The fourth-order valence-corrected chi connectivity index (χ4v) is 2.53. The van der Waals surface area contributed by atoms with Crippen molar-refractivity contribution in [3.05, 3.63) is 0 Å². The molecule has 0 aromatic rings. The summed E-state index contributed by atoms with van der Waals surface area (Å²) in [5, 5.41) is 3.64. The van der Waals surface area contributed by atoms with Gasteiger partial charge in [-0.2, -0.15) is 0 Å². The highest BCUT2D eigenvalue weighted by Crippen LogP contribution is 2.09. The molecule has 0 amide bonds. The molecule has 1 saturated heterocycles. The molecule has 1 aliphatic rings. The average Bonchev–Trinajstić information content (AvgIpc) is 2.34. The molecule has 0 spiro atoms. The summed E-state index contributed by atoms with van der Waals surface area (Å²) >= 11 is 0. The number of hydrogen-bond acceptors (Lipinski definition) is 2. The highest BCUT2D eigenvalue weighted by Gasteiger charge is 2.15. The van der Waals surface area contributed by atoms with Crippen LogP contribution >= 0.6 is 0 Å². The van der Waals surface area contributed by atoms with Crippen molar-refractivity contribution < 1.29 is 0 Å². The fourth-order valence-electron chi connectivity index (χ4n) is 2.53. The summed E-state index contributed by atoms with van der Waals surface area (Å²) < 4.78 is 0. The summed E-state index contributed by atoms with van der Waals surface area (Å²) in [7, 11) is 0. The summed E-state index contributed by atoms with van der Waals surface area (Å²) in [4.78, 5) is 2.62. The lowest BCUT2D eigenvalue weighted by atomic mass is 10.0. The second kappa shape index (κ2) is 9.00. The fraction of sp³-hybridized carbons (Fsp3) is 1.00. The standard InChI is InChI=1S/C14H30N2/c1-3-5-6-9-12-16(4-2)13-14-10-7-8-11-15-14/h14-15H,3-13H2,1-2H3. The van der Waals surface area contributed by atoms with Gasteiger partial charge in [0.25, 0.3) is 0 Å². The quantitative estimate of drug-likeness (QED) is 0.640. The van der Waals surface area contributed by atoms with Crippen LogP contribution in [0.3, 0.4) is 0 Å². The Bertz CT molecular complexity index is 153. The smallest absolute Gasteiger partial charge is 0.0195 e. The second-order valence-electron chi connectivity index (χ2n) is 5.10. The van der Waals surface area contributed by atoms with Gasteiger partial charge in [-0.05, 0) is 38.9 Å². The van der Waals surface area contributed by atoms with Crippen LogP contribution in [0.5, 0.6) is 0 Å². The normalized spacial score (nSPS) is 21.6. The maximum absolute atomic E-state index is 3.64. The summed E-state index contributed by atoms with van der Waals surface area (Å²) in [5.74, 6) is 0. The molecule has 16 heavy (non-hydrogen) atoms. The van der Waals surface area contributed by atoms with E-state index in [1.807, 2.05) is 0 Å². The van der Waals surface area contributed by atoms with Crippen molar-refractivity contribution in [2.24, 2.45) is 0 Å². The van der Waals surface area contributed by atoms with E-state index >= 15 is 0 Å². The van der Waals surface area contributed by atoms with Gasteiger partial charge in [0.2, 0.25) is 0 Å². The molecule has 0 radical (unpaired) electrons. The lowest BCUT2D eigenvalue weighted by Gasteiger charge is -2.29. The lowest BCUT2D eigenvalue weighted by molar-refractivity contribution is 0.229. The van der Waals surface area contributed by atoms with E-state index < -0.39 is 0 Å². The molecule has 1 heterocycles. The molecule has 0 aliphatic carbocycles. The minimum absolute atomic E-state index is 0.764. The van der Waals surface area contributed by atoms with Crippen molar-refractivity contribution in [3.8, 4) is 0 Å². The van der Waals surface area contributed by atoms with Gasteiger partial charge < -0.3 is 10.2 Å². The van der Waals surface area contributed by atoms with Crippen LogP contribution in [0.4, 0.5) is 0 Å². The number of nitrogens with zero attached hydrogens (tertiary/aromatic N) is 1. The first-order valence-corrected chi connectivity index (χ1v) is 7.32. The predicted molar refractivity (Wildman–Crippen MR) is 71.9 cm³/mol. The molecule has 2 heteroatoms. The summed E-state index contributed by atoms with van der Waals surface area (Å²) in [6.45, 7) is 9.59. The molecule has 1 N–H and O–H groups in total. The molecule has 1 fully saturated rings. The first kappa shape index (κ1) is 14.0. The van der Waals surface area contributed by atoms with E-state index in [0.717, 1.165) is 6.04 Å². The first-order chi connectivity index (χ1) is 7.86. The highest BCUT2D eigenvalue weighted by atomic mass is 15.1. The maximum atomic E-state index is 3.64. The largest absolute Gasteiger partial charge is 0.313 e. The van der Waals surface area contributed by atoms with Crippen molar-refractivity contribution in [1.29, 1.82) is 0 Å². The van der Waals surface area contributed by atoms with Gasteiger partial charge in [-0.1, -0.05) is 39.5 Å². The lowest BCUT2D eigenvalue weighted by Crippen LogP contribution is -2.43. The van der Waals surface area contributed by atoms with Crippen LogP contribution < -0.4 is 5.32 Å². The Balaban J connectivity index is 2.09. The Hall–Kier alpha value is -0.0800. The van der Waals surface area contributed by atoms with E-state index in [1.54, 1.807) is 0 Å². The topological polar surface area (TPSA) is 15.3 Å². The SMILES string of the molecule is CCCCCCN(CC)CC1CCCCN1. The summed E-state index contributed by atoms with van der Waals surface area (Å²) in [6, 6.07) is 0.764. The molecule has 1 aliphatic heterocycles. The minimum atomic E-state index is 0.764. The van der Waals surface area contributed by atoms with Crippen molar-refractivity contribution in [1.82, 2.24) is 10.2 Å². The molecular formula is C14H30N2. The molecule has 0 saturated carbocycles. The van der Waals surface area contributed by atoms with Crippen LogP contribution in [0.2, 0.25) is 0 Å². The molecule has 96 valence electrons. The number of nitrogens with one attached hydrogen (secondary N) is 1. The summed E-state index contributed by atoms with van der Waals surface area (Å²) in [6.07, 6.45) is 9.71. The summed E-state index contributed by atoms with van der Waals surface area (Å²) in [5.41, 5.74) is 0. The monoisotopic (exact) mass is 226 g/mol. The van der Waals surface area contributed by atoms with Crippen LogP contribution in [-0.2, 0) is 0 Å². The van der Waals surface area contributed by atoms with E-state index in [0.29, 0.717) is 0 Å². The van der Waals surface area contributed by atoms with Crippen LogP contribution in [0.1, 0.15) is 58.8 Å². The second-order valence-corrected chi connectivity index (χ2v) is 5.10. The van der Waals surface area contributed by atoms with Crippen LogP contribution in [0.25, 0.3) is 0 Å². The molecule has 1 rings (SSSR count). The van der Waals surface area contributed by atoms with E-state index in [-0.39, 0.29) is 0 Å². The molecular weight excluding hydrogens is 196 g/mol. The van der Waals surface area contributed by atoms with Crippen molar-refractivity contribution in [2.45, 2.75) is 64.8 Å². The van der Waals surface area contributed by atoms with Crippen LogP contribution in [0.15, 0.2) is 0 Å². The van der Waals surface area contributed by atoms with Gasteiger partial charge in [-0.25, -0.2) is 0 Å². The number of rotatable bonds is 8. The van der Waals surface area contributed by atoms with Crippen LogP contribution in [0, 0.1) is 0 Å². The van der Waals surface area contributed by atoms with Crippen molar-refractivity contribution >= 4 is 0 Å². The molecule has 0 aromatic carbocycles. The molecule has 0 aromatic heterocycles. The van der Waals surface area contributed by atoms with E-state index in [9.17, 15) is 0 Å². The Kier molecular flexibility index (Phi) is 7.87. The van der Waals surface area contributed by atoms with Gasteiger partial charge in [0.15, 0.2) is 0 Å². The third-order valence-corrected chi connectivity index (χ3v) is 3.67. The average molecular weight is 226 g/mol. The van der Waals surface area contributed by atoms with Gasteiger partial charge in [-0.3, -0.25) is 0 Å². The van der Waals surface area contributed by atoms with Crippen molar-refractivity contribution in [3.63, 3.8) is 0 Å². The molecule has 1 unspecified atom stereocenters. The third-order valence-electron chi connectivity index (χ3n) is 3.67. The van der Waals surface area contributed by atoms with Gasteiger partial charge in [-0.15, -0.1) is 0 Å². The predicted octanol–water partition coefficient (Wildman–Crippen LogP) is 3.03. The van der Waals surface area contributed by atoms with Gasteiger partial charge in [0.1, 0.15) is 0 Å². The zero-order chi connectivity index (χ0) is 11.6. The Morgan fingerprint density at radius 2 is 2.00 bits per heavy atom. The maximum Gasteiger partial charge on any atom is 0.0195 e. The Morgan fingerprint density at radius 3 is 2.62 bits per heavy atom. The van der Waals surface area contributed by atoms with Gasteiger partial charge in [0, 0.05) is 12.6 Å². The van der Waals surface area contributed by atoms with E-state index in [4.69, 9.17) is 0 Å². The highest BCUT2D eigenvalue weighted by molar-refractivity contribution is 4.75. The number of piperidine rings is 1. The zero-order valence-electron chi connectivity index (χ0n) is 11.3. The molecule has 0 bridgehead atoms. The third kappa shape index (κ3) is 5.86. The van der Waals surface area contributed by atoms with E-state index in [2.05, 4.69) is 24.1 Å². The number of hydrogen-bond donors (Lipinski definition) is 1. The number of unbranched alkanes of at least 4 members (excludes halogenated alkanes) is 3. The molecule has 1 atom stereocenters. The Labute approximate surface area is 102 Å². The van der Waals surface area contributed by atoms with Gasteiger partial charge in [0.05, 0.1) is 0 Å². The first-order valence-electron chi connectivity index (χ1n) is 7.32. The van der Waals surface area contributed by atoms with Gasteiger partial charge >= 0.3 is 0 Å². The van der Waals surface area contributed by atoms with E-state index in [1.165, 1.54) is 71.1 Å². The molecule has 2 nitrogen and oxygen atoms in total. The van der Waals surface area contributed by atoms with Crippen LogP contribution in [-0.4, -0.2) is 37.1 Å². The minimum Gasteiger partial charge on any atom is -0.313 e. The zero-order valence-corrected chi connectivity index (χ0v) is 11.3.